The summed E-state index contributed by atoms with van der Waals surface area (Å²) < 4.78 is 13.0. The van der Waals surface area contributed by atoms with Crippen molar-refractivity contribution < 1.29 is 4.39 Å². The summed E-state index contributed by atoms with van der Waals surface area (Å²) in [5.41, 5.74) is 1.65. The van der Waals surface area contributed by atoms with E-state index in [0.29, 0.717) is 17.0 Å². The van der Waals surface area contributed by atoms with Gasteiger partial charge >= 0.3 is 0 Å². The number of hydrogen-bond acceptors (Lipinski definition) is 3. The number of H-pyrrole nitrogens is 1. The lowest BCUT2D eigenvalue weighted by Crippen LogP contribution is -2.14. The molecule has 16 heavy (non-hydrogen) atoms. The smallest absolute Gasteiger partial charge is 0.274 e. The number of halogens is 1. The van der Waals surface area contributed by atoms with E-state index in [1.54, 1.807) is 13.8 Å². The maximum absolute atomic E-state index is 13.0. The Morgan fingerprint density at radius 1 is 1.31 bits per heavy atom. The molecule has 0 unspecified atom stereocenters. The molecule has 0 saturated heterocycles. The zero-order valence-corrected chi connectivity index (χ0v) is 8.91. The van der Waals surface area contributed by atoms with Gasteiger partial charge in [-0.25, -0.2) is 9.37 Å². The van der Waals surface area contributed by atoms with Crippen LogP contribution in [0.1, 0.15) is 11.4 Å². The predicted octanol–water partition coefficient (Wildman–Crippen LogP) is 1.59. The Balaban J connectivity index is 2.65. The summed E-state index contributed by atoms with van der Waals surface area (Å²) in [5.74, 6) is -0.489. The van der Waals surface area contributed by atoms with E-state index in [4.69, 9.17) is 0 Å². The number of aromatic nitrogens is 3. The van der Waals surface area contributed by atoms with Crippen LogP contribution >= 0.6 is 0 Å². The van der Waals surface area contributed by atoms with Gasteiger partial charge in [0.15, 0.2) is 0 Å². The quantitative estimate of drug-likeness (QED) is 0.792. The lowest BCUT2D eigenvalue weighted by molar-refractivity contribution is 0.622. The molecule has 0 amide bonds. The fourth-order valence-electron chi connectivity index (χ4n) is 1.36. The van der Waals surface area contributed by atoms with Gasteiger partial charge in [-0.15, -0.1) is 0 Å². The third-order valence-electron chi connectivity index (χ3n) is 2.32. The number of aromatic amines is 1. The van der Waals surface area contributed by atoms with Crippen LogP contribution in [0.25, 0.3) is 11.3 Å². The zero-order valence-electron chi connectivity index (χ0n) is 8.91. The third-order valence-corrected chi connectivity index (χ3v) is 2.32. The van der Waals surface area contributed by atoms with Crippen molar-refractivity contribution in [2.24, 2.45) is 0 Å². The molecule has 5 heteroatoms. The van der Waals surface area contributed by atoms with E-state index < -0.39 is 5.82 Å². The van der Waals surface area contributed by atoms with Crippen LogP contribution in [0.4, 0.5) is 4.39 Å². The number of nitrogens with one attached hydrogen (secondary N) is 1. The Bertz CT molecular complexity index is 592. The minimum absolute atomic E-state index is 0.190. The Kier molecular flexibility index (Phi) is 2.52. The van der Waals surface area contributed by atoms with Gasteiger partial charge < -0.3 is 4.98 Å². The van der Waals surface area contributed by atoms with Crippen molar-refractivity contribution in [1.29, 1.82) is 0 Å². The van der Waals surface area contributed by atoms with Gasteiger partial charge in [0, 0.05) is 17.5 Å². The van der Waals surface area contributed by atoms with Crippen molar-refractivity contribution in [2.45, 2.75) is 13.8 Å². The fourth-order valence-corrected chi connectivity index (χ4v) is 1.36. The SMILES string of the molecule is Cc1nc(-c2cncc(F)c2)c(=O)[nH]c1C. The van der Waals surface area contributed by atoms with Crippen LogP contribution in [0.2, 0.25) is 0 Å². The predicted molar refractivity (Wildman–Crippen MR) is 57.5 cm³/mol. The van der Waals surface area contributed by atoms with Crippen LogP contribution in [0, 0.1) is 19.7 Å². The zero-order chi connectivity index (χ0) is 11.7. The summed E-state index contributed by atoms with van der Waals surface area (Å²) in [5, 5.41) is 0. The van der Waals surface area contributed by atoms with Gasteiger partial charge in [-0.2, -0.15) is 0 Å². The van der Waals surface area contributed by atoms with Gasteiger partial charge in [0.1, 0.15) is 11.5 Å². The Morgan fingerprint density at radius 2 is 2.06 bits per heavy atom. The van der Waals surface area contributed by atoms with Crippen molar-refractivity contribution in [3.05, 3.63) is 46.0 Å². The standard InChI is InChI=1S/C11H10FN3O/c1-6-7(2)15-11(16)10(14-6)8-3-9(12)5-13-4-8/h3-5H,1-2H3,(H,15,16). The first kappa shape index (κ1) is 10.5. The van der Waals surface area contributed by atoms with E-state index in [1.165, 1.54) is 12.3 Å². The molecule has 0 atom stereocenters. The first-order valence-corrected chi connectivity index (χ1v) is 4.76. The lowest BCUT2D eigenvalue weighted by Gasteiger charge is -2.03. The summed E-state index contributed by atoms with van der Waals surface area (Å²) >= 11 is 0. The number of rotatable bonds is 1. The molecular weight excluding hydrogens is 209 g/mol. The molecule has 0 aromatic carbocycles. The monoisotopic (exact) mass is 219 g/mol. The minimum atomic E-state index is -0.489. The summed E-state index contributed by atoms with van der Waals surface area (Å²) in [6.07, 6.45) is 2.49. The molecule has 0 fully saturated rings. The second-order valence-electron chi connectivity index (χ2n) is 3.52. The summed E-state index contributed by atoms with van der Waals surface area (Å²) in [7, 11) is 0. The molecule has 0 aliphatic heterocycles. The molecule has 82 valence electrons. The second kappa shape index (κ2) is 3.84. The van der Waals surface area contributed by atoms with Crippen LogP contribution in [-0.2, 0) is 0 Å². The molecular formula is C11H10FN3O. The highest BCUT2D eigenvalue weighted by atomic mass is 19.1. The van der Waals surface area contributed by atoms with Gasteiger partial charge in [0.25, 0.3) is 5.56 Å². The van der Waals surface area contributed by atoms with Gasteiger partial charge in [0.05, 0.1) is 11.9 Å². The normalized spacial score (nSPS) is 10.4. The van der Waals surface area contributed by atoms with Crippen LogP contribution in [0.3, 0.4) is 0 Å². The fraction of sp³-hybridized carbons (Fsp3) is 0.182. The van der Waals surface area contributed by atoms with Gasteiger partial charge in [-0.05, 0) is 19.9 Å². The highest BCUT2D eigenvalue weighted by molar-refractivity contribution is 5.56. The van der Waals surface area contributed by atoms with Gasteiger partial charge in [0.2, 0.25) is 0 Å². The maximum atomic E-state index is 13.0. The maximum Gasteiger partial charge on any atom is 0.274 e. The average molecular weight is 219 g/mol. The van der Waals surface area contributed by atoms with Crippen LogP contribution in [0.5, 0.6) is 0 Å². The molecule has 2 rings (SSSR count). The van der Waals surface area contributed by atoms with Crippen LogP contribution < -0.4 is 5.56 Å². The molecule has 0 bridgehead atoms. The van der Waals surface area contributed by atoms with Crippen molar-refractivity contribution in [1.82, 2.24) is 15.0 Å². The number of pyridine rings is 1. The van der Waals surface area contributed by atoms with E-state index in [0.717, 1.165) is 6.20 Å². The van der Waals surface area contributed by atoms with E-state index >= 15 is 0 Å². The largest absolute Gasteiger partial charge is 0.323 e. The first-order valence-electron chi connectivity index (χ1n) is 4.76. The van der Waals surface area contributed by atoms with Crippen molar-refractivity contribution in [3.8, 4) is 11.3 Å². The lowest BCUT2D eigenvalue weighted by atomic mass is 10.2. The molecule has 2 heterocycles. The summed E-state index contributed by atoms with van der Waals surface area (Å²) in [4.78, 5) is 22.1. The van der Waals surface area contributed by atoms with E-state index in [1.807, 2.05) is 0 Å². The third kappa shape index (κ3) is 1.84. The van der Waals surface area contributed by atoms with Crippen molar-refractivity contribution >= 4 is 0 Å². The van der Waals surface area contributed by atoms with Crippen molar-refractivity contribution in [3.63, 3.8) is 0 Å². The van der Waals surface area contributed by atoms with E-state index in [2.05, 4.69) is 15.0 Å². The number of aryl methyl sites for hydroxylation is 2. The van der Waals surface area contributed by atoms with Gasteiger partial charge in [-0.1, -0.05) is 0 Å². The van der Waals surface area contributed by atoms with E-state index in [-0.39, 0.29) is 11.3 Å². The molecule has 4 nitrogen and oxygen atoms in total. The Morgan fingerprint density at radius 3 is 2.75 bits per heavy atom. The number of hydrogen-bond donors (Lipinski definition) is 1. The van der Waals surface area contributed by atoms with E-state index in [9.17, 15) is 9.18 Å². The molecule has 2 aromatic rings. The first-order chi connectivity index (χ1) is 7.58. The molecule has 0 spiro atoms. The van der Waals surface area contributed by atoms with Crippen molar-refractivity contribution in [2.75, 3.05) is 0 Å². The van der Waals surface area contributed by atoms with Crippen LogP contribution in [0.15, 0.2) is 23.3 Å². The molecule has 0 aliphatic carbocycles. The minimum Gasteiger partial charge on any atom is -0.323 e. The molecule has 0 radical (unpaired) electrons. The molecule has 0 aliphatic rings. The highest BCUT2D eigenvalue weighted by Crippen LogP contribution is 2.13. The summed E-state index contributed by atoms with van der Waals surface area (Å²) in [6.45, 7) is 3.54. The summed E-state index contributed by atoms with van der Waals surface area (Å²) in [6, 6.07) is 1.24. The average Bonchev–Trinajstić information content (AvgIpc) is 2.23. The molecule has 2 aromatic heterocycles. The Hall–Kier alpha value is -2.04. The van der Waals surface area contributed by atoms with Gasteiger partial charge in [-0.3, -0.25) is 9.78 Å². The Labute approximate surface area is 91.2 Å². The molecule has 0 saturated carbocycles. The number of nitrogens with zero attached hydrogens (tertiary/aromatic N) is 2. The molecule has 1 N–H and O–H groups in total. The topological polar surface area (TPSA) is 58.6 Å². The second-order valence-corrected chi connectivity index (χ2v) is 3.52. The van der Waals surface area contributed by atoms with Crippen LogP contribution in [-0.4, -0.2) is 15.0 Å². The highest BCUT2D eigenvalue weighted by Gasteiger charge is 2.08.